The van der Waals surface area contributed by atoms with E-state index >= 15 is 0 Å². The molecule has 0 saturated heterocycles. The average molecular weight is 303 g/mol. The maximum atomic E-state index is 11.7. The van der Waals surface area contributed by atoms with Gasteiger partial charge in [-0.1, -0.05) is 35.9 Å². The number of para-hydroxylation sites is 1. The molecule has 2 rings (SSSR count). The number of benzene rings is 2. The van der Waals surface area contributed by atoms with Crippen LogP contribution in [0.1, 0.15) is 11.1 Å². The van der Waals surface area contributed by atoms with Crippen LogP contribution in [0.4, 0.5) is 10.5 Å². The fourth-order valence-electron chi connectivity index (χ4n) is 1.68. The lowest BCUT2D eigenvalue weighted by Gasteiger charge is -2.04. The summed E-state index contributed by atoms with van der Waals surface area (Å²) in [6.45, 7) is 1.94. The molecule has 0 N–H and O–H groups in total. The van der Waals surface area contributed by atoms with Crippen molar-refractivity contribution in [3.8, 4) is 5.75 Å². The summed E-state index contributed by atoms with van der Waals surface area (Å²) >= 11 is 0.895. The van der Waals surface area contributed by atoms with Gasteiger partial charge in [-0.3, -0.25) is 10.1 Å². The summed E-state index contributed by atoms with van der Waals surface area (Å²) in [5.41, 5.74) is 1.57. The lowest BCUT2D eigenvalue weighted by Crippen LogP contribution is -2.02. The number of hydrogen-bond acceptors (Lipinski definition) is 5. The van der Waals surface area contributed by atoms with Crippen LogP contribution in [0.15, 0.2) is 48.5 Å². The molecule has 0 heterocycles. The number of rotatable bonds is 4. The summed E-state index contributed by atoms with van der Waals surface area (Å²) < 4.78 is 5.15. The minimum Gasteiger partial charge on any atom is -0.418 e. The Hall–Kier alpha value is -2.34. The lowest BCUT2D eigenvalue weighted by atomic mass is 10.2. The number of hydrogen-bond donors (Lipinski definition) is 0. The predicted molar refractivity (Wildman–Crippen MR) is 81.6 cm³/mol. The molecule has 2 aromatic carbocycles. The molecule has 0 radical (unpaired) electrons. The van der Waals surface area contributed by atoms with Crippen LogP contribution in [-0.4, -0.2) is 10.2 Å². The number of nitro benzene ring substituents is 1. The first-order valence-corrected chi connectivity index (χ1v) is 7.18. The Labute approximate surface area is 126 Å². The Morgan fingerprint density at radius 1 is 1.19 bits per heavy atom. The summed E-state index contributed by atoms with van der Waals surface area (Å²) in [6.07, 6.45) is 0. The van der Waals surface area contributed by atoms with Gasteiger partial charge in [0.1, 0.15) is 5.75 Å². The Morgan fingerprint density at radius 3 is 2.52 bits per heavy atom. The van der Waals surface area contributed by atoms with Crippen LogP contribution < -0.4 is 4.74 Å². The molecule has 21 heavy (non-hydrogen) atoms. The van der Waals surface area contributed by atoms with Gasteiger partial charge in [-0.05, 0) is 30.8 Å². The van der Waals surface area contributed by atoms with Crippen molar-refractivity contribution in [3.63, 3.8) is 0 Å². The number of ether oxygens (including phenoxy) is 1. The third-order valence-corrected chi connectivity index (χ3v) is 3.53. The highest BCUT2D eigenvalue weighted by Gasteiger charge is 2.14. The fraction of sp³-hybridized carbons (Fsp3) is 0.133. The minimum absolute atomic E-state index is 0.00753. The van der Waals surface area contributed by atoms with Crippen molar-refractivity contribution in [2.75, 3.05) is 0 Å². The van der Waals surface area contributed by atoms with E-state index in [0.717, 1.165) is 17.3 Å². The van der Waals surface area contributed by atoms with E-state index in [1.807, 2.05) is 19.1 Å². The van der Waals surface area contributed by atoms with Gasteiger partial charge >= 0.3 is 5.30 Å². The molecule has 0 aromatic heterocycles. The highest BCUT2D eigenvalue weighted by molar-refractivity contribution is 8.12. The predicted octanol–water partition coefficient (Wildman–Crippen LogP) is 4.34. The van der Waals surface area contributed by atoms with Crippen LogP contribution in [0.25, 0.3) is 0 Å². The van der Waals surface area contributed by atoms with Crippen LogP contribution in [0.3, 0.4) is 0 Å². The van der Waals surface area contributed by atoms with Crippen molar-refractivity contribution < 1.29 is 14.5 Å². The lowest BCUT2D eigenvalue weighted by molar-refractivity contribution is -0.385. The Kier molecular flexibility index (Phi) is 4.94. The molecule has 0 aliphatic rings. The summed E-state index contributed by atoms with van der Waals surface area (Å²) in [4.78, 5) is 22.1. The first-order chi connectivity index (χ1) is 10.1. The molecule has 2 aromatic rings. The number of nitrogens with zero attached hydrogens (tertiary/aromatic N) is 1. The molecule has 0 fully saturated rings. The van der Waals surface area contributed by atoms with Crippen LogP contribution in [0.5, 0.6) is 5.75 Å². The van der Waals surface area contributed by atoms with E-state index in [2.05, 4.69) is 0 Å². The summed E-state index contributed by atoms with van der Waals surface area (Å²) in [7, 11) is 0. The van der Waals surface area contributed by atoms with Crippen LogP contribution in [0.2, 0.25) is 0 Å². The minimum atomic E-state index is -0.489. The third kappa shape index (κ3) is 4.32. The van der Waals surface area contributed by atoms with Gasteiger partial charge in [0, 0.05) is 17.4 Å². The molecule has 6 heteroatoms. The van der Waals surface area contributed by atoms with Gasteiger partial charge in [-0.15, -0.1) is 0 Å². The monoisotopic (exact) mass is 303 g/mol. The van der Waals surface area contributed by atoms with Crippen LogP contribution in [0, 0.1) is 17.0 Å². The topological polar surface area (TPSA) is 69.4 Å². The van der Waals surface area contributed by atoms with Crippen molar-refractivity contribution >= 4 is 22.8 Å². The second-order valence-electron chi connectivity index (χ2n) is 4.34. The Balaban J connectivity index is 1.95. The number of carbonyl (C=O) groups excluding carboxylic acids is 1. The zero-order valence-electron chi connectivity index (χ0n) is 11.3. The SMILES string of the molecule is Cc1ccc(OC(=O)SCc2ccccc2[N+](=O)[O-])cc1. The van der Waals surface area contributed by atoms with Crippen molar-refractivity contribution in [2.24, 2.45) is 0 Å². The van der Waals surface area contributed by atoms with E-state index in [1.165, 1.54) is 6.07 Å². The molecule has 0 aliphatic heterocycles. The van der Waals surface area contributed by atoms with E-state index in [-0.39, 0.29) is 11.4 Å². The van der Waals surface area contributed by atoms with Gasteiger partial charge in [-0.2, -0.15) is 0 Å². The second kappa shape index (κ2) is 6.90. The highest BCUT2D eigenvalue weighted by Crippen LogP contribution is 2.24. The molecule has 0 aliphatic carbocycles. The molecular weight excluding hydrogens is 290 g/mol. The van der Waals surface area contributed by atoms with Crippen molar-refractivity contribution in [3.05, 3.63) is 69.8 Å². The molecule has 0 atom stereocenters. The normalized spacial score (nSPS) is 10.1. The molecule has 108 valence electrons. The quantitative estimate of drug-likeness (QED) is 0.477. The largest absolute Gasteiger partial charge is 0.418 e. The summed E-state index contributed by atoms with van der Waals surface area (Å²) in [5.74, 6) is 0.655. The van der Waals surface area contributed by atoms with E-state index in [9.17, 15) is 14.9 Å². The molecule has 0 bridgehead atoms. The van der Waals surface area contributed by atoms with Gasteiger partial charge in [0.25, 0.3) is 5.69 Å². The van der Waals surface area contributed by atoms with E-state index < -0.39 is 10.2 Å². The first kappa shape index (κ1) is 15.1. The maximum absolute atomic E-state index is 11.7. The summed E-state index contributed by atoms with van der Waals surface area (Å²) in [5, 5.41) is 10.4. The standard InChI is InChI=1S/C15H13NO4S/c1-11-6-8-13(9-7-11)20-15(17)21-10-12-4-2-3-5-14(12)16(18)19/h2-9H,10H2,1H3. The van der Waals surface area contributed by atoms with E-state index in [4.69, 9.17) is 4.74 Å². The van der Waals surface area contributed by atoms with E-state index in [0.29, 0.717) is 11.3 Å². The van der Waals surface area contributed by atoms with Crippen molar-refractivity contribution in [1.82, 2.24) is 0 Å². The van der Waals surface area contributed by atoms with E-state index in [1.54, 1.807) is 30.3 Å². The molecular formula is C15H13NO4S. The van der Waals surface area contributed by atoms with Gasteiger partial charge in [-0.25, -0.2) is 4.79 Å². The van der Waals surface area contributed by atoms with Gasteiger partial charge in [0.15, 0.2) is 0 Å². The first-order valence-electron chi connectivity index (χ1n) is 6.20. The van der Waals surface area contributed by atoms with Crippen molar-refractivity contribution in [1.29, 1.82) is 0 Å². The van der Waals surface area contributed by atoms with Gasteiger partial charge in [0.05, 0.1) is 4.92 Å². The molecule has 0 unspecified atom stereocenters. The molecule has 0 amide bonds. The fourth-order valence-corrected chi connectivity index (χ4v) is 2.35. The Bertz CT molecular complexity index is 655. The molecule has 0 saturated carbocycles. The average Bonchev–Trinajstić information content (AvgIpc) is 2.48. The smallest absolute Gasteiger partial charge is 0.373 e. The number of nitro groups is 1. The van der Waals surface area contributed by atoms with Crippen LogP contribution >= 0.6 is 11.8 Å². The van der Waals surface area contributed by atoms with Gasteiger partial charge in [0.2, 0.25) is 0 Å². The molecule has 0 spiro atoms. The number of aryl methyl sites for hydroxylation is 1. The van der Waals surface area contributed by atoms with Crippen LogP contribution in [-0.2, 0) is 5.75 Å². The summed E-state index contributed by atoms with van der Waals surface area (Å²) in [6, 6.07) is 13.4. The zero-order chi connectivity index (χ0) is 15.2. The van der Waals surface area contributed by atoms with Gasteiger partial charge < -0.3 is 4.74 Å². The molecule has 5 nitrogen and oxygen atoms in total. The number of carbonyl (C=O) groups is 1. The van der Waals surface area contributed by atoms with Crippen molar-refractivity contribution in [2.45, 2.75) is 12.7 Å². The second-order valence-corrected chi connectivity index (χ2v) is 5.25. The Morgan fingerprint density at radius 2 is 1.86 bits per heavy atom. The third-order valence-electron chi connectivity index (χ3n) is 2.76. The zero-order valence-corrected chi connectivity index (χ0v) is 12.1. The highest BCUT2D eigenvalue weighted by atomic mass is 32.2. The maximum Gasteiger partial charge on any atom is 0.373 e. The number of thioether (sulfide) groups is 1.